The van der Waals surface area contributed by atoms with Gasteiger partial charge in [0.25, 0.3) is 5.09 Å². The van der Waals surface area contributed by atoms with E-state index in [1.165, 1.54) is 0 Å². The van der Waals surface area contributed by atoms with Crippen molar-refractivity contribution in [2.24, 2.45) is 5.84 Å². The molecule has 0 aliphatic heterocycles. The molecular formula is C2H9N3O4. The molecule has 0 rings (SSSR count). The third-order valence-electron chi connectivity index (χ3n) is 0.241. The van der Waals surface area contributed by atoms with Gasteiger partial charge in [0.2, 0.25) is 0 Å². The number of hydrazine groups is 1. The van der Waals surface area contributed by atoms with Crippen LogP contribution in [-0.4, -0.2) is 21.6 Å². The number of nitrogens with one attached hydrogen (secondary N) is 1. The Morgan fingerprint density at radius 3 is 2.00 bits per heavy atom. The van der Waals surface area contributed by atoms with Crippen molar-refractivity contribution in [1.82, 2.24) is 5.43 Å². The minimum absolute atomic E-state index is 0.588. The number of aliphatic hydroxyl groups is 1. The molecule has 5 N–H and O–H groups in total. The van der Waals surface area contributed by atoms with Crippen LogP contribution in [0.2, 0.25) is 0 Å². The van der Waals surface area contributed by atoms with Crippen molar-refractivity contribution in [2.45, 2.75) is 13.2 Å². The predicted octanol–water partition coefficient (Wildman–Crippen LogP) is -1.56. The number of hydrogen-bond acceptors (Lipinski definition) is 5. The first-order chi connectivity index (χ1) is 4.00. The smallest absolute Gasteiger partial charge is 0.291 e. The standard InChI is InChI=1S/C2H8N2O.HNO3/c1-2(5)4-3;2-1(3)4/h2,4-5H,3H2,1H3;(H,2,3,4). The lowest BCUT2D eigenvalue weighted by Crippen LogP contribution is -2.31. The second-order valence-electron chi connectivity index (χ2n) is 1.08. The summed E-state index contributed by atoms with van der Waals surface area (Å²) in [6.45, 7) is 1.54. The van der Waals surface area contributed by atoms with Crippen molar-refractivity contribution in [3.05, 3.63) is 10.1 Å². The van der Waals surface area contributed by atoms with Crippen LogP contribution in [0.15, 0.2) is 0 Å². The Bertz CT molecular complexity index is 70.2. The minimum atomic E-state index is -1.50. The van der Waals surface area contributed by atoms with Gasteiger partial charge in [0.15, 0.2) is 0 Å². The van der Waals surface area contributed by atoms with E-state index in [0.29, 0.717) is 0 Å². The fourth-order valence-corrected chi connectivity index (χ4v) is 0. The third-order valence-corrected chi connectivity index (χ3v) is 0.241. The first-order valence-electron chi connectivity index (χ1n) is 1.98. The molecule has 0 aliphatic carbocycles. The number of aliphatic hydroxyl groups excluding tert-OH is 1. The van der Waals surface area contributed by atoms with Gasteiger partial charge in [-0.25, -0.2) is 5.43 Å². The Morgan fingerprint density at radius 1 is 1.89 bits per heavy atom. The summed E-state index contributed by atoms with van der Waals surface area (Å²) in [6.07, 6.45) is -0.588. The van der Waals surface area contributed by atoms with Crippen LogP contribution in [-0.2, 0) is 0 Å². The van der Waals surface area contributed by atoms with E-state index < -0.39 is 11.3 Å². The molecule has 1 atom stereocenters. The highest BCUT2D eigenvalue weighted by Gasteiger charge is 1.79. The van der Waals surface area contributed by atoms with E-state index in [0.717, 1.165) is 0 Å². The van der Waals surface area contributed by atoms with Gasteiger partial charge in [0.1, 0.15) is 6.23 Å². The zero-order chi connectivity index (χ0) is 7.86. The second-order valence-corrected chi connectivity index (χ2v) is 1.08. The van der Waals surface area contributed by atoms with Gasteiger partial charge < -0.3 is 10.3 Å². The molecule has 0 radical (unpaired) electrons. The third kappa shape index (κ3) is 157. The summed E-state index contributed by atoms with van der Waals surface area (Å²) < 4.78 is 0. The molecular weight excluding hydrogens is 130 g/mol. The van der Waals surface area contributed by atoms with Crippen LogP contribution in [0, 0.1) is 10.1 Å². The van der Waals surface area contributed by atoms with Gasteiger partial charge >= 0.3 is 0 Å². The van der Waals surface area contributed by atoms with Crippen LogP contribution >= 0.6 is 0 Å². The molecule has 0 amide bonds. The van der Waals surface area contributed by atoms with E-state index >= 15 is 0 Å². The van der Waals surface area contributed by atoms with E-state index in [-0.39, 0.29) is 0 Å². The average Bonchev–Trinajstić information content (AvgIpc) is 1.65. The Hall–Kier alpha value is -0.920. The molecule has 0 spiro atoms. The van der Waals surface area contributed by atoms with Gasteiger partial charge in [0.05, 0.1) is 0 Å². The van der Waals surface area contributed by atoms with Crippen molar-refractivity contribution < 1.29 is 15.4 Å². The van der Waals surface area contributed by atoms with Crippen LogP contribution in [0.5, 0.6) is 0 Å². The van der Waals surface area contributed by atoms with E-state index in [2.05, 4.69) is 11.3 Å². The highest BCUT2D eigenvalue weighted by atomic mass is 16.9. The number of nitrogens with two attached hydrogens (primary N) is 1. The summed E-state index contributed by atoms with van der Waals surface area (Å²) in [4.78, 5) is 8.36. The lowest BCUT2D eigenvalue weighted by molar-refractivity contribution is -0.742. The summed E-state index contributed by atoms with van der Waals surface area (Å²) in [5.74, 6) is 4.67. The molecule has 1 unspecified atom stereocenters. The van der Waals surface area contributed by atoms with Crippen molar-refractivity contribution in [2.75, 3.05) is 0 Å². The maximum atomic E-state index is 8.36. The summed E-state index contributed by atoms with van der Waals surface area (Å²) in [5, 5.41) is 21.8. The SMILES string of the molecule is CC(O)NN.O=[N+]([O-])O. The topological polar surface area (TPSA) is 122 Å². The zero-order valence-corrected chi connectivity index (χ0v) is 4.81. The molecule has 0 bridgehead atoms. The van der Waals surface area contributed by atoms with Crippen molar-refractivity contribution in [1.29, 1.82) is 0 Å². The fraction of sp³-hybridized carbons (Fsp3) is 1.00. The summed E-state index contributed by atoms with van der Waals surface area (Å²) >= 11 is 0. The first-order valence-corrected chi connectivity index (χ1v) is 1.98. The summed E-state index contributed by atoms with van der Waals surface area (Å²) in [5.41, 5.74) is 2.08. The van der Waals surface area contributed by atoms with Crippen molar-refractivity contribution in [3.63, 3.8) is 0 Å². The maximum Gasteiger partial charge on any atom is 0.291 e. The first kappa shape index (κ1) is 11.0. The number of hydrogen-bond donors (Lipinski definition) is 4. The van der Waals surface area contributed by atoms with Gasteiger partial charge in [-0.1, -0.05) is 0 Å². The molecule has 0 aromatic rings. The second kappa shape index (κ2) is 7.08. The normalized spacial score (nSPS) is 11.0. The van der Waals surface area contributed by atoms with Gasteiger partial charge in [-0.3, -0.25) is 5.84 Å². The van der Waals surface area contributed by atoms with Crippen LogP contribution in [0.25, 0.3) is 0 Å². The van der Waals surface area contributed by atoms with Crippen LogP contribution in [0.1, 0.15) is 6.92 Å². The molecule has 0 fully saturated rings. The Balaban J connectivity index is 0. The monoisotopic (exact) mass is 139 g/mol. The lowest BCUT2D eigenvalue weighted by atomic mass is 10.7. The number of rotatable bonds is 1. The molecule has 7 heteroatoms. The molecule has 56 valence electrons. The van der Waals surface area contributed by atoms with Gasteiger partial charge in [-0.2, -0.15) is 0 Å². The lowest BCUT2D eigenvalue weighted by Gasteiger charge is -1.94. The average molecular weight is 139 g/mol. The molecule has 0 aliphatic rings. The Labute approximate surface area is 51.2 Å². The molecule has 0 aromatic carbocycles. The highest BCUT2D eigenvalue weighted by molar-refractivity contribution is 4.24. The predicted molar refractivity (Wildman–Crippen MR) is 27.8 cm³/mol. The fourth-order valence-electron chi connectivity index (χ4n) is 0. The highest BCUT2D eigenvalue weighted by Crippen LogP contribution is 1.57. The maximum absolute atomic E-state index is 8.36. The van der Waals surface area contributed by atoms with E-state index in [1.54, 1.807) is 6.92 Å². The molecule has 0 aromatic heterocycles. The molecule has 7 nitrogen and oxygen atoms in total. The minimum Gasteiger partial charge on any atom is -0.378 e. The summed E-state index contributed by atoms with van der Waals surface area (Å²) in [7, 11) is 0. The molecule has 0 saturated heterocycles. The van der Waals surface area contributed by atoms with Crippen molar-refractivity contribution >= 4 is 0 Å². The van der Waals surface area contributed by atoms with Gasteiger partial charge in [0, 0.05) is 0 Å². The Kier molecular flexibility index (Phi) is 8.62. The van der Waals surface area contributed by atoms with Crippen LogP contribution in [0.4, 0.5) is 0 Å². The van der Waals surface area contributed by atoms with Crippen molar-refractivity contribution in [3.8, 4) is 0 Å². The van der Waals surface area contributed by atoms with E-state index in [9.17, 15) is 0 Å². The van der Waals surface area contributed by atoms with Crippen LogP contribution < -0.4 is 11.3 Å². The largest absolute Gasteiger partial charge is 0.378 e. The zero-order valence-electron chi connectivity index (χ0n) is 4.81. The Morgan fingerprint density at radius 2 is 2.00 bits per heavy atom. The number of nitrogens with zero attached hydrogens (tertiary/aromatic N) is 1. The molecule has 0 heterocycles. The van der Waals surface area contributed by atoms with Gasteiger partial charge in [-0.05, 0) is 6.92 Å². The quantitative estimate of drug-likeness (QED) is 0.151. The molecule has 9 heavy (non-hydrogen) atoms. The summed E-state index contributed by atoms with van der Waals surface area (Å²) in [6, 6.07) is 0. The molecule has 0 saturated carbocycles. The van der Waals surface area contributed by atoms with Gasteiger partial charge in [-0.15, -0.1) is 10.1 Å². The van der Waals surface area contributed by atoms with E-state index in [1.807, 2.05) is 0 Å². The van der Waals surface area contributed by atoms with E-state index in [4.69, 9.17) is 20.4 Å². The van der Waals surface area contributed by atoms with Crippen LogP contribution in [0.3, 0.4) is 0 Å².